The van der Waals surface area contributed by atoms with Gasteiger partial charge in [-0.25, -0.2) is 4.79 Å². The molecule has 0 bridgehead atoms. The summed E-state index contributed by atoms with van der Waals surface area (Å²) in [4.78, 5) is 11.1. The van der Waals surface area contributed by atoms with Gasteiger partial charge in [-0.3, -0.25) is 4.68 Å². The maximum absolute atomic E-state index is 11.1. The molecule has 0 atom stereocenters. The number of carbonyl (C=O) groups is 1. The lowest BCUT2D eigenvalue weighted by Gasteiger charge is -2.14. The van der Waals surface area contributed by atoms with E-state index in [-0.39, 0.29) is 17.0 Å². The van der Waals surface area contributed by atoms with Crippen LogP contribution < -0.4 is 5.32 Å². The SMILES string of the molecule is CN/C(C(=O)O)=C1/C=C(OCc2ccnn2C)C=CC1=N. The van der Waals surface area contributed by atoms with Crippen LogP contribution >= 0.6 is 0 Å². The van der Waals surface area contributed by atoms with E-state index >= 15 is 0 Å². The van der Waals surface area contributed by atoms with Crippen LogP contribution in [0.15, 0.2) is 47.5 Å². The van der Waals surface area contributed by atoms with E-state index in [4.69, 9.17) is 15.3 Å². The highest BCUT2D eigenvalue weighted by atomic mass is 16.5. The summed E-state index contributed by atoms with van der Waals surface area (Å²) in [5.41, 5.74) is 1.26. The van der Waals surface area contributed by atoms with Crippen molar-refractivity contribution in [2.24, 2.45) is 7.05 Å². The zero-order valence-electron chi connectivity index (χ0n) is 11.8. The molecule has 110 valence electrons. The number of ether oxygens (including phenoxy) is 1. The maximum Gasteiger partial charge on any atom is 0.352 e. The third-order valence-corrected chi connectivity index (χ3v) is 3.03. The van der Waals surface area contributed by atoms with Crippen molar-refractivity contribution in [1.29, 1.82) is 5.41 Å². The van der Waals surface area contributed by atoms with Crippen molar-refractivity contribution in [1.82, 2.24) is 15.1 Å². The summed E-state index contributed by atoms with van der Waals surface area (Å²) in [7, 11) is 3.32. The molecule has 1 aromatic heterocycles. The second kappa shape index (κ2) is 6.08. The molecule has 0 aliphatic heterocycles. The minimum atomic E-state index is -1.12. The quantitative estimate of drug-likeness (QED) is 0.701. The Bertz CT molecular complexity index is 668. The summed E-state index contributed by atoms with van der Waals surface area (Å²) < 4.78 is 7.32. The Morgan fingerprint density at radius 2 is 2.29 bits per heavy atom. The van der Waals surface area contributed by atoms with Gasteiger partial charge >= 0.3 is 5.97 Å². The van der Waals surface area contributed by atoms with Gasteiger partial charge in [0.15, 0.2) is 0 Å². The Hall–Kier alpha value is -2.83. The van der Waals surface area contributed by atoms with Crippen molar-refractivity contribution < 1.29 is 14.6 Å². The fourth-order valence-electron chi connectivity index (χ4n) is 1.88. The highest BCUT2D eigenvalue weighted by molar-refractivity contribution is 6.13. The normalized spacial score (nSPS) is 16.5. The Morgan fingerprint density at radius 1 is 1.52 bits per heavy atom. The molecular weight excluding hydrogens is 272 g/mol. The Balaban J connectivity index is 2.21. The molecular formula is C14H16N4O3. The summed E-state index contributed by atoms with van der Waals surface area (Å²) in [5, 5.41) is 23.6. The molecule has 2 rings (SSSR count). The van der Waals surface area contributed by atoms with Gasteiger partial charge in [0, 0.05) is 25.9 Å². The Labute approximate surface area is 121 Å². The molecule has 0 fully saturated rings. The molecule has 21 heavy (non-hydrogen) atoms. The lowest BCUT2D eigenvalue weighted by Crippen LogP contribution is -2.21. The molecule has 3 N–H and O–H groups in total. The molecule has 0 saturated heterocycles. The predicted molar refractivity (Wildman–Crippen MR) is 76.7 cm³/mol. The number of rotatable bonds is 5. The summed E-state index contributed by atoms with van der Waals surface area (Å²) in [6.07, 6.45) is 6.36. The Morgan fingerprint density at radius 3 is 2.86 bits per heavy atom. The first-order valence-electron chi connectivity index (χ1n) is 6.26. The zero-order chi connectivity index (χ0) is 15.4. The third-order valence-electron chi connectivity index (χ3n) is 3.03. The lowest BCUT2D eigenvalue weighted by atomic mass is 10.0. The first kappa shape index (κ1) is 14.6. The summed E-state index contributed by atoms with van der Waals surface area (Å²) in [6, 6.07) is 1.84. The van der Waals surface area contributed by atoms with Crippen LogP contribution in [0.3, 0.4) is 0 Å². The van der Waals surface area contributed by atoms with Crippen molar-refractivity contribution in [3.05, 3.63) is 53.2 Å². The number of aryl methyl sites for hydroxylation is 1. The summed E-state index contributed by atoms with van der Waals surface area (Å²) in [6.45, 7) is 0.315. The largest absolute Gasteiger partial charge is 0.487 e. The smallest absolute Gasteiger partial charge is 0.352 e. The standard InChI is InChI=1S/C14H16N4O3/c1-16-13(14(19)20)11-7-10(3-4-12(11)15)21-8-9-5-6-17-18(9)2/h3-7,15-16H,8H2,1-2H3,(H,19,20)/b13-11-,15-12?. The number of hydrogen-bond acceptors (Lipinski definition) is 5. The van der Waals surface area contributed by atoms with Gasteiger partial charge in [0.05, 0.1) is 11.4 Å². The minimum absolute atomic E-state index is 0.0361. The van der Waals surface area contributed by atoms with E-state index in [0.29, 0.717) is 12.4 Å². The molecule has 1 aromatic rings. The Kier molecular flexibility index (Phi) is 4.22. The fourth-order valence-corrected chi connectivity index (χ4v) is 1.88. The van der Waals surface area contributed by atoms with Gasteiger partial charge in [0.2, 0.25) is 0 Å². The first-order chi connectivity index (χ1) is 10.0. The summed E-state index contributed by atoms with van der Waals surface area (Å²) in [5.74, 6) is -0.619. The van der Waals surface area contributed by atoms with Crippen molar-refractivity contribution in [2.45, 2.75) is 6.61 Å². The highest BCUT2D eigenvalue weighted by Crippen LogP contribution is 2.18. The van der Waals surface area contributed by atoms with Crippen molar-refractivity contribution in [3.8, 4) is 0 Å². The van der Waals surface area contributed by atoms with Gasteiger partial charge in [0.25, 0.3) is 0 Å². The molecule has 0 saturated carbocycles. The van der Waals surface area contributed by atoms with Gasteiger partial charge in [-0.1, -0.05) is 0 Å². The van der Waals surface area contributed by atoms with Gasteiger partial charge in [0.1, 0.15) is 18.1 Å². The van der Waals surface area contributed by atoms with E-state index in [1.165, 1.54) is 13.1 Å². The maximum atomic E-state index is 11.1. The number of carboxylic acid groups (broad SMARTS) is 1. The van der Waals surface area contributed by atoms with E-state index in [0.717, 1.165) is 5.69 Å². The number of allylic oxidation sites excluding steroid dienone is 4. The van der Waals surface area contributed by atoms with Gasteiger partial charge in [-0.15, -0.1) is 0 Å². The van der Waals surface area contributed by atoms with Crippen LogP contribution in [0.25, 0.3) is 0 Å². The molecule has 0 aromatic carbocycles. The molecule has 1 heterocycles. The van der Waals surface area contributed by atoms with Crippen LogP contribution in [-0.4, -0.2) is 33.6 Å². The van der Waals surface area contributed by atoms with E-state index in [9.17, 15) is 4.79 Å². The van der Waals surface area contributed by atoms with Crippen LogP contribution in [0.2, 0.25) is 0 Å². The third kappa shape index (κ3) is 3.19. The molecule has 0 amide bonds. The van der Waals surface area contributed by atoms with Crippen molar-refractivity contribution in [3.63, 3.8) is 0 Å². The molecule has 0 unspecified atom stereocenters. The van der Waals surface area contributed by atoms with E-state index in [1.807, 2.05) is 13.1 Å². The number of carboxylic acids is 1. The minimum Gasteiger partial charge on any atom is -0.487 e. The number of likely N-dealkylation sites (N-methyl/N-ethyl adjacent to an activating group) is 1. The van der Waals surface area contributed by atoms with Crippen molar-refractivity contribution in [2.75, 3.05) is 7.05 Å². The molecule has 0 radical (unpaired) electrons. The first-order valence-corrected chi connectivity index (χ1v) is 6.26. The molecule has 1 aliphatic carbocycles. The van der Waals surface area contributed by atoms with Crippen LogP contribution in [0.5, 0.6) is 0 Å². The van der Waals surface area contributed by atoms with E-state index in [2.05, 4.69) is 10.4 Å². The fraction of sp³-hybridized carbons (Fsp3) is 0.214. The average Bonchev–Trinajstić information content (AvgIpc) is 2.85. The predicted octanol–water partition coefficient (Wildman–Crippen LogP) is 0.968. The number of nitrogens with one attached hydrogen (secondary N) is 2. The van der Waals surface area contributed by atoms with Crippen LogP contribution in [0.1, 0.15) is 5.69 Å². The van der Waals surface area contributed by atoms with Crippen molar-refractivity contribution >= 4 is 11.7 Å². The molecule has 7 heteroatoms. The van der Waals surface area contributed by atoms with Crippen LogP contribution in [0.4, 0.5) is 0 Å². The molecule has 0 spiro atoms. The summed E-state index contributed by atoms with van der Waals surface area (Å²) >= 11 is 0. The lowest BCUT2D eigenvalue weighted by molar-refractivity contribution is -0.133. The van der Waals surface area contributed by atoms with Crippen LogP contribution in [-0.2, 0) is 23.2 Å². The number of aromatic nitrogens is 2. The number of hydrogen-bond donors (Lipinski definition) is 3. The van der Waals surface area contributed by atoms with E-state index < -0.39 is 5.97 Å². The number of aliphatic carboxylic acids is 1. The second-order valence-electron chi connectivity index (χ2n) is 4.37. The topological polar surface area (TPSA) is 100 Å². The number of nitrogens with zero attached hydrogens (tertiary/aromatic N) is 2. The van der Waals surface area contributed by atoms with Gasteiger partial charge in [-0.2, -0.15) is 5.10 Å². The monoisotopic (exact) mass is 288 g/mol. The highest BCUT2D eigenvalue weighted by Gasteiger charge is 2.17. The van der Waals surface area contributed by atoms with Crippen LogP contribution in [0, 0.1) is 5.41 Å². The van der Waals surface area contributed by atoms with E-state index in [1.54, 1.807) is 23.0 Å². The second-order valence-corrected chi connectivity index (χ2v) is 4.37. The molecule has 1 aliphatic rings. The molecule has 7 nitrogen and oxygen atoms in total. The average molecular weight is 288 g/mol. The van der Waals surface area contributed by atoms with Gasteiger partial charge in [-0.05, 0) is 24.3 Å². The zero-order valence-corrected chi connectivity index (χ0v) is 11.8. The van der Waals surface area contributed by atoms with Gasteiger partial charge < -0.3 is 20.6 Å².